The fraction of sp³-hybridized carbons (Fsp3) is 0.600. The number of hydrogen-bond acceptors (Lipinski definition) is 5. The number of rotatable bonds is 6. The smallest absolute Gasteiger partial charge is 0.236 e. The molecule has 0 aromatic carbocycles. The Bertz CT molecular complexity index is 365. The van der Waals surface area contributed by atoms with E-state index >= 15 is 0 Å². The molecular formula is C10H17N3O2S. The van der Waals surface area contributed by atoms with Gasteiger partial charge in [-0.05, 0) is 13.8 Å². The van der Waals surface area contributed by atoms with E-state index in [1.165, 1.54) is 0 Å². The zero-order valence-corrected chi connectivity index (χ0v) is 10.6. The maximum Gasteiger partial charge on any atom is 0.236 e. The van der Waals surface area contributed by atoms with Gasteiger partial charge in [-0.15, -0.1) is 11.3 Å². The highest BCUT2D eigenvalue weighted by atomic mass is 32.1. The molecule has 0 saturated carbocycles. The number of thiazole rings is 1. The van der Waals surface area contributed by atoms with E-state index in [9.17, 15) is 4.79 Å². The molecule has 1 aromatic heterocycles. The average Bonchev–Trinajstić information content (AvgIpc) is 2.51. The third-order valence-electron chi connectivity index (χ3n) is 2.19. The monoisotopic (exact) mass is 243 g/mol. The summed E-state index contributed by atoms with van der Waals surface area (Å²) in [6, 6.07) is -0.452. The van der Waals surface area contributed by atoms with Crippen LogP contribution >= 0.6 is 11.3 Å². The molecule has 3 N–H and O–H groups in total. The molecule has 1 aromatic rings. The van der Waals surface area contributed by atoms with E-state index in [4.69, 9.17) is 10.5 Å². The van der Waals surface area contributed by atoms with Gasteiger partial charge in [0, 0.05) is 18.5 Å². The van der Waals surface area contributed by atoms with Gasteiger partial charge in [0.1, 0.15) is 6.04 Å². The summed E-state index contributed by atoms with van der Waals surface area (Å²) in [7, 11) is 1.54. The lowest BCUT2D eigenvalue weighted by atomic mass is 10.3. The van der Waals surface area contributed by atoms with Crippen LogP contribution in [0.4, 0.5) is 0 Å². The van der Waals surface area contributed by atoms with E-state index in [1.807, 2.05) is 13.8 Å². The quantitative estimate of drug-likeness (QED) is 0.756. The highest BCUT2D eigenvalue weighted by Gasteiger charge is 2.15. The number of ether oxygens (including phenoxy) is 1. The maximum absolute atomic E-state index is 11.1. The fourth-order valence-electron chi connectivity index (χ4n) is 1.36. The predicted molar refractivity (Wildman–Crippen MR) is 63.3 cm³/mol. The van der Waals surface area contributed by atoms with Gasteiger partial charge in [0.2, 0.25) is 5.91 Å². The summed E-state index contributed by atoms with van der Waals surface area (Å²) >= 11 is 1.62. The molecule has 90 valence electrons. The molecular weight excluding hydrogens is 226 g/mol. The first-order valence-corrected chi connectivity index (χ1v) is 5.80. The summed E-state index contributed by atoms with van der Waals surface area (Å²) in [5, 5.41) is 4.09. The topological polar surface area (TPSA) is 77.2 Å². The van der Waals surface area contributed by atoms with E-state index in [0.717, 1.165) is 15.6 Å². The number of carbonyl (C=O) groups is 1. The minimum Gasteiger partial charge on any atom is -0.383 e. The third kappa shape index (κ3) is 3.55. The van der Waals surface area contributed by atoms with Crippen molar-refractivity contribution in [1.29, 1.82) is 0 Å². The summed E-state index contributed by atoms with van der Waals surface area (Å²) in [5.74, 6) is -0.402. The minimum atomic E-state index is -0.452. The Morgan fingerprint density at radius 2 is 2.31 bits per heavy atom. The first-order chi connectivity index (χ1) is 7.54. The number of amides is 1. The fourth-order valence-corrected chi connectivity index (χ4v) is 2.25. The summed E-state index contributed by atoms with van der Waals surface area (Å²) in [4.78, 5) is 16.5. The van der Waals surface area contributed by atoms with Crippen LogP contribution in [-0.2, 0) is 16.1 Å². The molecule has 0 saturated heterocycles. The molecule has 0 spiro atoms. The van der Waals surface area contributed by atoms with E-state index in [-0.39, 0.29) is 6.61 Å². The van der Waals surface area contributed by atoms with E-state index < -0.39 is 11.9 Å². The van der Waals surface area contributed by atoms with Gasteiger partial charge in [0.25, 0.3) is 0 Å². The molecule has 16 heavy (non-hydrogen) atoms. The minimum absolute atomic E-state index is 0.284. The molecule has 0 aliphatic carbocycles. The lowest BCUT2D eigenvalue weighted by Gasteiger charge is -2.13. The largest absolute Gasteiger partial charge is 0.383 e. The van der Waals surface area contributed by atoms with Crippen molar-refractivity contribution in [2.24, 2.45) is 5.73 Å². The molecule has 1 rings (SSSR count). The number of nitrogens with two attached hydrogens (primary N) is 1. The summed E-state index contributed by atoms with van der Waals surface area (Å²) in [5.41, 5.74) is 6.23. The van der Waals surface area contributed by atoms with Gasteiger partial charge >= 0.3 is 0 Å². The summed E-state index contributed by atoms with van der Waals surface area (Å²) in [6.07, 6.45) is 0. The van der Waals surface area contributed by atoms with Crippen LogP contribution in [0.1, 0.15) is 15.6 Å². The second kappa shape index (κ2) is 5.93. The van der Waals surface area contributed by atoms with Crippen molar-refractivity contribution >= 4 is 17.2 Å². The van der Waals surface area contributed by atoms with Crippen molar-refractivity contribution < 1.29 is 9.53 Å². The Kier molecular flexibility index (Phi) is 4.85. The molecule has 5 nitrogen and oxygen atoms in total. The van der Waals surface area contributed by atoms with Crippen LogP contribution in [0.15, 0.2) is 0 Å². The van der Waals surface area contributed by atoms with Crippen LogP contribution < -0.4 is 11.1 Å². The first kappa shape index (κ1) is 13.1. The number of methoxy groups -OCH3 is 1. The van der Waals surface area contributed by atoms with Crippen molar-refractivity contribution in [2.45, 2.75) is 26.4 Å². The highest BCUT2D eigenvalue weighted by Crippen LogP contribution is 2.16. The van der Waals surface area contributed by atoms with Gasteiger partial charge in [-0.1, -0.05) is 0 Å². The molecule has 1 unspecified atom stereocenters. The highest BCUT2D eigenvalue weighted by molar-refractivity contribution is 7.11. The molecule has 0 aliphatic heterocycles. The summed E-state index contributed by atoms with van der Waals surface area (Å²) < 4.78 is 4.91. The molecule has 0 radical (unpaired) electrons. The van der Waals surface area contributed by atoms with Crippen LogP contribution in [0.2, 0.25) is 0 Å². The molecule has 1 atom stereocenters. The van der Waals surface area contributed by atoms with Crippen LogP contribution in [0.5, 0.6) is 0 Å². The Morgan fingerprint density at radius 1 is 1.62 bits per heavy atom. The standard InChI is InChI=1S/C10H17N3O2S/c1-6-9(16-7(2)13-6)4-12-8(5-15-3)10(11)14/h8,12H,4-5H2,1-3H3,(H2,11,14). The Labute approximate surface area is 99.0 Å². The molecule has 6 heteroatoms. The van der Waals surface area contributed by atoms with Crippen LogP contribution in [0, 0.1) is 13.8 Å². The van der Waals surface area contributed by atoms with Gasteiger partial charge in [0.05, 0.1) is 17.3 Å². The zero-order valence-electron chi connectivity index (χ0n) is 9.74. The van der Waals surface area contributed by atoms with Crippen molar-refractivity contribution in [3.63, 3.8) is 0 Å². The number of aromatic nitrogens is 1. The van der Waals surface area contributed by atoms with Gasteiger partial charge in [-0.2, -0.15) is 0 Å². The van der Waals surface area contributed by atoms with Crippen molar-refractivity contribution in [1.82, 2.24) is 10.3 Å². The Morgan fingerprint density at radius 3 is 2.75 bits per heavy atom. The number of hydrogen-bond donors (Lipinski definition) is 2. The van der Waals surface area contributed by atoms with Crippen LogP contribution in [-0.4, -0.2) is 30.6 Å². The van der Waals surface area contributed by atoms with Crippen molar-refractivity contribution in [3.05, 3.63) is 15.6 Å². The lowest BCUT2D eigenvalue weighted by Crippen LogP contribution is -2.44. The van der Waals surface area contributed by atoms with Gasteiger partial charge in [0.15, 0.2) is 0 Å². The van der Waals surface area contributed by atoms with Crippen LogP contribution in [0.25, 0.3) is 0 Å². The molecule has 1 heterocycles. The predicted octanol–water partition coefficient (Wildman–Crippen LogP) is 0.350. The molecule has 0 fully saturated rings. The second-order valence-corrected chi connectivity index (χ2v) is 4.82. The third-order valence-corrected chi connectivity index (χ3v) is 3.26. The number of nitrogens with zero attached hydrogens (tertiary/aromatic N) is 1. The molecule has 0 bridgehead atoms. The normalized spacial score (nSPS) is 12.7. The number of carbonyl (C=O) groups excluding carboxylic acids is 1. The molecule has 1 amide bonds. The second-order valence-electron chi connectivity index (χ2n) is 3.53. The Hall–Kier alpha value is -0.980. The first-order valence-electron chi connectivity index (χ1n) is 4.99. The SMILES string of the molecule is COCC(NCc1sc(C)nc1C)C(N)=O. The van der Waals surface area contributed by atoms with E-state index in [0.29, 0.717) is 6.54 Å². The number of primary amides is 1. The zero-order chi connectivity index (χ0) is 12.1. The maximum atomic E-state index is 11.1. The van der Waals surface area contributed by atoms with Gasteiger partial charge in [-0.25, -0.2) is 4.98 Å². The lowest BCUT2D eigenvalue weighted by molar-refractivity contribution is -0.121. The number of aryl methyl sites for hydroxylation is 2. The van der Waals surface area contributed by atoms with E-state index in [1.54, 1.807) is 18.4 Å². The Balaban J connectivity index is 2.55. The number of nitrogens with one attached hydrogen (secondary N) is 1. The average molecular weight is 243 g/mol. The molecule has 0 aliphatic rings. The van der Waals surface area contributed by atoms with Crippen molar-refractivity contribution in [3.8, 4) is 0 Å². The van der Waals surface area contributed by atoms with Gasteiger partial charge < -0.3 is 10.5 Å². The van der Waals surface area contributed by atoms with Crippen molar-refractivity contribution in [2.75, 3.05) is 13.7 Å². The van der Waals surface area contributed by atoms with E-state index in [2.05, 4.69) is 10.3 Å². The van der Waals surface area contributed by atoms with Gasteiger partial charge in [-0.3, -0.25) is 10.1 Å². The van der Waals surface area contributed by atoms with Crippen LogP contribution in [0.3, 0.4) is 0 Å². The summed E-state index contributed by atoms with van der Waals surface area (Å²) in [6.45, 7) is 4.79.